The van der Waals surface area contributed by atoms with Crippen LogP contribution in [0.4, 0.5) is 11.9 Å². The number of nitrogens with two attached hydrogens (primary N) is 1. The van der Waals surface area contributed by atoms with Gasteiger partial charge in [0.15, 0.2) is 0 Å². The number of nitrogens with zero attached hydrogens (tertiary/aromatic N) is 4. The van der Waals surface area contributed by atoms with Crippen LogP contribution in [-0.4, -0.2) is 34.6 Å². The number of hydrogen-bond donors (Lipinski definition) is 1. The normalized spacial score (nSPS) is 19.2. The Morgan fingerprint density at radius 3 is 2.83 bits per heavy atom. The first kappa shape index (κ1) is 12.9. The largest absolute Gasteiger partial charge is 0.463 e. The Kier molecular flexibility index (Phi) is 4.17. The third-order valence-corrected chi connectivity index (χ3v) is 3.20. The Hall–Kier alpha value is -1.59. The minimum atomic E-state index is 0.228. The van der Waals surface area contributed by atoms with E-state index in [1.165, 1.54) is 12.8 Å². The molecule has 0 radical (unpaired) electrons. The van der Waals surface area contributed by atoms with Crippen LogP contribution in [0.1, 0.15) is 33.1 Å². The van der Waals surface area contributed by atoms with Crippen LogP contribution >= 0.6 is 0 Å². The third kappa shape index (κ3) is 3.00. The zero-order valence-electron chi connectivity index (χ0n) is 11.1. The Morgan fingerprint density at radius 2 is 2.17 bits per heavy atom. The molecule has 2 N–H and O–H groups in total. The van der Waals surface area contributed by atoms with Crippen molar-refractivity contribution in [2.75, 3.05) is 30.3 Å². The van der Waals surface area contributed by atoms with Crippen LogP contribution in [-0.2, 0) is 0 Å². The zero-order valence-corrected chi connectivity index (χ0v) is 11.1. The van der Waals surface area contributed by atoms with E-state index in [9.17, 15) is 0 Å². The molecule has 2 heterocycles. The predicted molar refractivity (Wildman–Crippen MR) is 70.6 cm³/mol. The number of anilines is 2. The van der Waals surface area contributed by atoms with E-state index >= 15 is 0 Å². The van der Waals surface area contributed by atoms with E-state index in [-0.39, 0.29) is 5.95 Å². The first-order valence-electron chi connectivity index (χ1n) is 6.62. The average Bonchev–Trinajstić information content (AvgIpc) is 2.84. The molecule has 0 aromatic carbocycles. The maximum Gasteiger partial charge on any atom is 0.323 e. The Labute approximate surface area is 108 Å². The summed E-state index contributed by atoms with van der Waals surface area (Å²) in [6.07, 6.45) is 3.30. The highest BCUT2D eigenvalue weighted by Gasteiger charge is 2.23. The fraction of sp³-hybridized carbons (Fsp3) is 0.750. The SMILES string of the molecule is CCCOc1nc(N)nc(N2CCC(CC)C2)n1. The molecule has 2 rings (SSSR count). The summed E-state index contributed by atoms with van der Waals surface area (Å²) in [7, 11) is 0. The number of hydrogen-bond acceptors (Lipinski definition) is 6. The number of nitrogen functional groups attached to an aromatic ring is 1. The highest BCUT2D eigenvalue weighted by atomic mass is 16.5. The molecule has 1 aliphatic heterocycles. The van der Waals surface area contributed by atoms with Crippen molar-refractivity contribution in [1.29, 1.82) is 0 Å². The predicted octanol–water partition coefficient (Wildman–Crippen LogP) is 1.48. The Balaban J connectivity index is 2.10. The van der Waals surface area contributed by atoms with Crippen molar-refractivity contribution in [2.24, 2.45) is 5.92 Å². The van der Waals surface area contributed by atoms with Crippen molar-refractivity contribution in [3.05, 3.63) is 0 Å². The van der Waals surface area contributed by atoms with Crippen LogP contribution < -0.4 is 15.4 Å². The van der Waals surface area contributed by atoms with Gasteiger partial charge in [0, 0.05) is 13.1 Å². The lowest BCUT2D eigenvalue weighted by molar-refractivity contribution is 0.292. The van der Waals surface area contributed by atoms with Crippen molar-refractivity contribution < 1.29 is 4.74 Å². The second-order valence-electron chi connectivity index (χ2n) is 4.63. The van der Waals surface area contributed by atoms with E-state index in [4.69, 9.17) is 10.5 Å². The monoisotopic (exact) mass is 251 g/mol. The quantitative estimate of drug-likeness (QED) is 0.854. The highest BCUT2D eigenvalue weighted by molar-refractivity contribution is 5.37. The van der Waals surface area contributed by atoms with Crippen LogP contribution in [0.2, 0.25) is 0 Å². The van der Waals surface area contributed by atoms with Crippen molar-refractivity contribution >= 4 is 11.9 Å². The summed E-state index contributed by atoms with van der Waals surface area (Å²) in [6.45, 7) is 6.83. The molecule has 1 aromatic rings. The van der Waals surface area contributed by atoms with Gasteiger partial charge in [-0.25, -0.2) is 0 Å². The van der Waals surface area contributed by atoms with E-state index in [1.54, 1.807) is 0 Å². The summed E-state index contributed by atoms with van der Waals surface area (Å²) in [5.41, 5.74) is 5.70. The second kappa shape index (κ2) is 5.84. The lowest BCUT2D eigenvalue weighted by atomic mass is 10.1. The second-order valence-corrected chi connectivity index (χ2v) is 4.63. The van der Waals surface area contributed by atoms with Gasteiger partial charge in [0.25, 0.3) is 0 Å². The van der Waals surface area contributed by atoms with Gasteiger partial charge >= 0.3 is 6.01 Å². The molecular formula is C12H21N5O. The summed E-state index contributed by atoms with van der Waals surface area (Å²) in [4.78, 5) is 14.7. The third-order valence-electron chi connectivity index (χ3n) is 3.20. The lowest BCUT2D eigenvalue weighted by Crippen LogP contribution is -2.23. The molecule has 1 fully saturated rings. The minimum Gasteiger partial charge on any atom is -0.463 e. The van der Waals surface area contributed by atoms with Crippen molar-refractivity contribution in [3.63, 3.8) is 0 Å². The summed E-state index contributed by atoms with van der Waals surface area (Å²) < 4.78 is 5.42. The summed E-state index contributed by atoms with van der Waals surface area (Å²) in [5.74, 6) is 1.60. The van der Waals surface area contributed by atoms with Crippen LogP contribution in [0.5, 0.6) is 6.01 Å². The van der Waals surface area contributed by atoms with E-state index in [0.717, 1.165) is 25.4 Å². The summed E-state index contributed by atoms with van der Waals surface area (Å²) >= 11 is 0. The molecule has 1 aromatic heterocycles. The first-order valence-corrected chi connectivity index (χ1v) is 6.62. The molecule has 1 atom stereocenters. The van der Waals surface area contributed by atoms with Gasteiger partial charge in [-0.1, -0.05) is 20.3 Å². The van der Waals surface area contributed by atoms with Crippen molar-refractivity contribution in [1.82, 2.24) is 15.0 Å². The molecule has 6 heteroatoms. The van der Waals surface area contributed by atoms with E-state index in [0.29, 0.717) is 18.6 Å². The van der Waals surface area contributed by atoms with Crippen LogP contribution in [0, 0.1) is 5.92 Å². The maximum atomic E-state index is 5.70. The van der Waals surface area contributed by atoms with Crippen LogP contribution in [0.25, 0.3) is 0 Å². The molecule has 0 amide bonds. The number of aromatic nitrogens is 3. The van der Waals surface area contributed by atoms with Gasteiger partial charge in [0.05, 0.1) is 6.61 Å². The zero-order chi connectivity index (χ0) is 13.0. The van der Waals surface area contributed by atoms with Gasteiger partial charge < -0.3 is 15.4 Å². The summed E-state index contributed by atoms with van der Waals surface area (Å²) in [6, 6.07) is 0.333. The molecule has 0 bridgehead atoms. The van der Waals surface area contributed by atoms with Crippen molar-refractivity contribution in [3.8, 4) is 6.01 Å². The maximum absolute atomic E-state index is 5.70. The number of ether oxygens (including phenoxy) is 1. The van der Waals surface area contributed by atoms with Crippen LogP contribution in [0.3, 0.4) is 0 Å². The standard InChI is InChI=1S/C12H21N5O/c1-3-7-18-12-15-10(13)14-11(16-12)17-6-5-9(4-2)8-17/h9H,3-8H2,1-2H3,(H2,13,14,15,16). The van der Waals surface area contributed by atoms with Gasteiger partial charge in [0.2, 0.25) is 11.9 Å². The van der Waals surface area contributed by atoms with E-state index in [2.05, 4.69) is 26.8 Å². The fourth-order valence-electron chi connectivity index (χ4n) is 2.11. The molecule has 6 nitrogen and oxygen atoms in total. The van der Waals surface area contributed by atoms with Gasteiger partial charge in [-0.05, 0) is 18.8 Å². The summed E-state index contributed by atoms with van der Waals surface area (Å²) in [5, 5.41) is 0. The van der Waals surface area contributed by atoms with Gasteiger partial charge in [0.1, 0.15) is 0 Å². The molecule has 100 valence electrons. The topological polar surface area (TPSA) is 77.2 Å². The smallest absolute Gasteiger partial charge is 0.323 e. The highest BCUT2D eigenvalue weighted by Crippen LogP contribution is 2.24. The lowest BCUT2D eigenvalue weighted by Gasteiger charge is -2.16. The Bertz CT molecular complexity index is 398. The molecule has 0 saturated carbocycles. The molecular weight excluding hydrogens is 230 g/mol. The van der Waals surface area contributed by atoms with Gasteiger partial charge in [-0.15, -0.1) is 0 Å². The van der Waals surface area contributed by atoms with Crippen LogP contribution in [0.15, 0.2) is 0 Å². The van der Waals surface area contributed by atoms with Gasteiger partial charge in [-0.2, -0.15) is 15.0 Å². The van der Waals surface area contributed by atoms with E-state index < -0.39 is 0 Å². The Morgan fingerprint density at radius 1 is 1.33 bits per heavy atom. The average molecular weight is 251 g/mol. The molecule has 0 aliphatic carbocycles. The first-order chi connectivity index (χ1) is 8.72. The molecule has 1 aliphatic rings. The number of rotatable bonds is 5. The molecule has 1 unspecified atom stereocenters. The molecule has 18 heavy (non-hydrogen) atoms. The van der Waals surface area contributed by atoms with E-state index in [1.807, 2.05) is 6.92 Å². The minimum absolute atomic E-state index is 0.228. The van der Waals surface area contributed by atoms with Gasteiger partial charge in [-0.3, -0.25) is 0 Å². The molecule has 0 spiro atoms. The molecule has 1 saturated heterocycles. The van der Waals surface area contributed by atoms with Crippen molar-refractivity contribution in [2.45, 2.75) is 33.1 Å². The fourth-order valence-corrected chi connectivity index (χ4v) is 2.11.